The van der Waals surface area contributed by atoms with E-state index in [1.54, 1.807) is 37.3 Å². The number of nitrogens with one attached hydrogen (secondary N) is 1. The number of hydrogen-bond donors (Lipinski definition) is 1. The highest BCUT2D eigenvalue weighted by Gasteiger charge is 2.29. The quantitative estimate of drug-likeness (QED) is 0.869. The second kappa shape index (κ2) is 6.07. The molecule has 0 fully saturated rings. The molecule has 21 heavy (non-hydrogen) atoms. The number of carbonyl (C=O) groups is 1. The summed E-state index contributed by atoms with van der Waals surface area (Å²) in [6.45, 7) is 0.427. The molecule has 0 spiro atoms. The Bertz CT molecular complexity index is 666. The molecule has 0 atom stereocenters. The van der Waals surface area contributed by atoms with Crippen LogP contribution < -0.4 is 5.32 Å². The molecule has 2 nitrogen and oxygen atoms in total. The molecule has 0 radical (unpaired) electrons. The van der Waals surface area contributed by atoms with Crippen molar-refractivity contribution in [2.75, 3.05) is 6.54 Å². The average Bonchev–Trinajstić information content (AvgIpc) is 2.77. The van der Waals surface area contributed by atoms with E-state index in [2.05, 4.69) is 0 Å². The summed E-state index contributed by atoms with van der Waals surface area (Å²) >= 11 is 7.23. The summed E-state index contributed by atoms with van der Waals surface area (Å²) in [5, 5.41) is 2.33. The first kappa shape index (κ1) is 15.9. The van der Waals surface area contributed by atoms with Crippen molar-refractivity contribution in [3.8, 4) is 11.1 Å². The van der Waals surface area contributed by atoms with Gasteiger partial charge in [0.05, 0.1) is 4.88 Å². The minimum Gasteiger partial charge on any atom is -0.342 e. The number of aryl methyl sites for hydroxylation is 1. The van der Waals surface area contributed by atoms with E-state index in [0.717, 1.165) is 16.2 Å². The van der Waals surface area contributed by atoms with E-state index in [0.29, 0.717) is 16.1 Å². The Morgan fingerprint density at radius 3 is 2.57 bits per heavy atom. The van der Waals surface area contributed by atoms with Gasteiger partial charge in [-0.05, 0) is 19.1 Å². The molecule has 0 unspecified atom stereocenters. The summed E-state index contributed by atoms with van der Waals surface area (Å²) in [5.74, 6) is -0.750. The van der Waals surface area contributed by atoms with Gasteiger partial charge < -0.3 is 5.32 Å². The topological polar surface area (TPSA) is 29.1 Å². The summed E-state index contributed by atoms with van der Waals surface area (Å²) in [4.78, 5) is 13.0. The maximum Gasteiger partial charge on any atom is 0.405 e. The van der Waals surface area contributed by atoms with Crippen LogP contribution in [0, 0.1) is 6.92 Å². The van der Waals surface area contributed by atoms with Crippen molar-refractivity contribution in [3.05, 3.63) is 45.1 Å². The van der Waals surface area contributed by atoms with Crippen molar-refractivity contribution in [2.45, 2.75) is 13.1 Å². The number of thiophene rings is 1. The Labute approximate surface area is 128 Å². The van der Waals surface area contributed by atoms with Crippen molar-refractivity contribution in [2.24, 2.45) is 0 Å². The van der Waals surface area contributed by atoms with Crippen LogP contribution in [-0.4, -0.2) is 18.6 Å². The summed E-state index contributed by atoms with van der Waals surface area (Å²) in [6.07, 6.45) is -4.44. The van der Waals surface area contributed by atoms with Crippen LogP contribution >= 0.6 is 22.9 Å². The van der Waals surface area contributed by atoms with Crippen LogP contribution in [0.1, 0.15) is 14.5 Å². The smallest absolute Gasteiger partial charge is 0.342 e. The van der Waals surface area contributed by atoms with Gasteiger partial charge in [-0.3, -0.25) is 4.79 Å². The van der Waals surface area contributed by atoms with Crippen LogP contribution in [0.25, 0.3) is 11.1 Å². The lowest BCUT2D eigenvalue weighted by Gasteiger charge is -2.09. The fourth-order valence-electron chi connectivity index (χ4n) is 1.82. The predicted molar refractivity (Wildman–Crippen MR) is 77.9 cm³/mol. The lowest BCUT2D eigenvalue weighted by atomic mass is 10.1. The lowest BCUT2D eigenvalue weighted by Crippen LogP contribution is -2.33. The molecule has 1 aromatic heterocycles. The van der Waals surface area contributed by atoms with Crippen LogP contribution in [0.4, 0.5) is 13.2 Å². The maximum atomic E-state index is 12.2. The molecule has 0 saturated carbocycles. The molecule has 1 N–H and O–H groups in total. The molecule has 2 rings (SSSR count). The van der Waals surface area contributed by atoms with Crippen molar-refractivity contribution in [3.63, 3.8) is 0 Å². The van der Waals surface area contributed by atoms with Crippen LogP contribution in [0.15, 0.2) is 30.3 Å². The van der Waals surface area contributed by atoms with Crippen LogP contribution in [-0.2, 0) is 0 Å². The zero-order chi connectivity index (χ0) is 15.6. The molecule has 7 heteroatoms. The zero-order valence-electron chi connectivity index (χ0n) is 10.9. The van der Waals surface area contributed by atoms with E-state index in [4.69, 9.17) is 11.6 Å². The molecule has 112 valence electrons. The maximum absolute atomic E-state index is 12.2. The normalized spacial score (nSPS) is 11.5. The molecule has 0 bridgehead atoms. The third-order valence-corrected chi connectivity index (χ3v) is 4.05. The van der Waals surface area contributed by atoms with Gasteiger partial charge in [0.25, 0.3) is 5.91 Å². The van der Waals surface area contributed by atoms with Crippen molar-refractivity contribution >= 4 is 28.8 Å². The van der Waals surface area contributed by atoms with Crippen LogP contribution in [0.5, 0.6) is 0 Å². The fraction of sp³-hybridized carbons (Fsp3) is 0.214. The molecule has 1 heterocycles. The van der Waals surface area contributed by atoms with Gasteiger partial charge in [-0.1, -0.05) is 29.8 Å². The summed E-state index contributed by atoms with van der Waals surface area (Å²) in [6, 6.07) is 8.64. The predicted octanol–water partition coefficient (Wildman–Crippen LogP) is 4.67. The van der Waals surface area contributed by atoms with Gasteiger partial charge >= 0.3 is 6.18 Å². The van der Waals surface area contributed by atoms with Gasteiger partial charge in [0.15, 0.2) is 0 Å². The molecule has 1 amide bonds. The second-order valence-corrected chi connectivity index (χ2v) is 6.04. The molecule has 0 saturated heterocycles. The number of hydrogen-bond acceptors (Lipinski definition) is 2. The SMILES string of the molecule is Cc1cc(-c2ccccc2Cl)c(C(=O)NCC(F)(F)F)s1. The Kier molecular flexibility index (Phi) is 4.58. The van der Waals surface area contributed by atoms with Crippen LogP contribution in [0.3, 0.4) is 0 Å². The zero-order valence-corrected chi connectivity index (χ0v) is 12.5. The Hall–Kier alpha value is -1.53. The summed E-state index contributed by atoms with van der Waals surface area (Å²) in [7, 11) is 0. The highest BCUT2D eigenvalue weighted by molar-refractivity contribution is 7.14. The second-order valence-electron chi connectivity index (χ2n) is 4.38. The minimum atomic E-state index is -4.44. The van der Waals surface area contributed by atoms with E-state index in [-0.39, 0.29) is 4.88 Å². The number of rotatable bonds is 3. The highest BCUT2D eigenvalue weighted by atomic mass is 35.5. The van der Waals surface area contributed by atoms with E-state index in [1.807, 2.05) is 5.32 Å². The number of halogens is 4. The number of carbonyl (C=O) groups excluding carboxylic acids is 1. The Morgan fingerprint density at radius 2 is 1.95 bits per heavy atom. The molecular weight excluding hydrogens is 323 g/mol. The van der Waals surface area contributed by atoms with Crippen LogP contribution in [0.2, 0.25) is 5.02 Å². The third-order valence-electron chi connectivity index (χ3n) is 2.67. The lowest BCUT2D eigenvalue weighted by molar-refractivity contribution is -0.123. The first-order valence-electron chi connectivity index (χ1n) is 5.98. The first-order chi connectivity index (χ1) is 9.78. The Morgan fingerprint density at radius 1 is 1.29 bits per heavy atom. The van der Waals surface area contributed by atoms with Gasteiger partial charge in [-0.15, -0.1) is 11.3 Å². The Balaban J connectivity index is 2.34. The molecule has 2 aromatic rings. The fourth-order valence-corrected chi connectivity index (χ4v) is 3.00. The van der Waals surface area contributed by atoms with Gasteiger partial charge in [-0.2, -0.15) is 13.2 Å². The number of amides is 1. The van der Waals surface area contributed by atoms with Gasteiger partial charge in [0.2, 0.25) is 0 Å². The standard InChI is InChI=1S/C14H11ClF3NOS/c1-8-6-10(9-4-2-3-5-11(9)15)12(21-8)13(20)19-7-14(16,17)18/h2-6H,7H2,1H3,(H,19,20). The van der Waals surface area contributed by atoms with E-state index in [1.165, 1.54) is 0 Å². The van der Waals surface area contributed by atoms with Gasteiger partial charge in [-0.25, -0.2) is 0 Å². The van der Waals surface area contributed by atoms with E-state index >= 15 is 0 Å². The van der Waals surface area contributed by atoms with Crippen molar-refractivity contribution in [1.82, 2.24) is 5.32 Å². The summed E-state index contributed by atoms with van der Waals surface area (Å²) < 4.78 is 36.6. The highest BCUT2D eigenvalue weighted by Crippen LogP contribution is 2.35. The van der Waals surface area contributed by atoms with Gasteiger partial charge in [0.1, 0.15) is 6.54 Å². The average molecular weight is 334 g/mol. The molecule has 0 aliphatic carbocycles. The number of benzene rings is 1. The monoisotopic (exact) mass is 333 g/mol. The molecule has 0 aliphatic heterocycles. The largest absolute Gasteiger partial charge is 0.405 e. The van der Waals surface area contributed by atoms with Crippen molar-refractivity contribution in [1.29, 1.82) is 0 Å². The summed E-state index contributed by atoms with van der Waals surface area (Å²) in [5.41, 5.74) is 1.17. The first-order valence-corrected chi connectivity index (χ1v) is 7.17. The van der Waals surface area contributed by atoms with Crippen molar-refractivity contribution < 1.29 is 18.0 Å². The van der Waals surface area contributed by atoms with E-state index < -0.39 is 18.6 Å². The third kappa shape index (κ3) is 3.98. The minimum absolute atomic E-state index is 0.227. The molecular formula is C14H11ClF3NOS. The van der Waals surface area contributed by atoms with Gasteiger partial charge in [0, 0.05) is 21.0 Å². The van der Waals surface area contributed by atoms with E-state index in [9.17, 15) is 18.0 Å². The molecule has 0 aliphatic rings. The number of alkyl halides is 3. The molecule has 1 aromatic carbocycles.